The second kappa shape index (κ2) is 8.92. The van der Waals surface area contributed by atoms with E-state index < -0.39 is 34.0 Å². The summed E-state index contributed by atoms with van der Waals surface area (Å²) in [5, 5.41) is 17.6. The van der Waals surface area contributed by atoms with Crippen molar-refractivity contribution in [2.24, 2.45) is 0 Å². The van der Waals surface area contributed by atoms with E-state index in [-0.39, 0.29) is 23.5 Å². The third-order valence-electron chi connectivity index (χ3n) is 4.78. The van der Waals surface area contributed by atoms with Crippen molar-refractivity contribution in [1.29, 1.82) is 0 Å². The minimum atomic E-state index is -1.11. The SMILES string of the molecule is COC(=O)c1cc(NC(=O)c2ccc(Cn3nc(C)c([N+](=O)[O-])c3C)cc2)c(F)cc1F. The lowest BCUT2D eigenvalue weighted by Crippen LogP contribution is -2.15. The first-order valence-corrected chi connectivity index (χ1v) is 9.28. The van der Waals surface area contributed by atoms with Crippen LogP contribution in [0.25, 0.3) is 0 Å². The van der Waals surface area contributed by atoms with Crippen LogP contribution in [0.1, 0.15) is 37.7 Å². The van der Waals surface area contributed by atoms with E-state index in [2.05, 4.69) is 15.2 Å². The van der Waals surface area contributed by atoms with Gasteiger partial charge in [-0.3, -0.25) is 19.6 Å². The van der Waals surface area contributed by atoms with Crippen molar-refractivity contribution in [1.82, 2.24) is 9.78 Å². The van der Waals surface area contributed by atoms with Gasteiger partial charge in [-0.15, -0.1) is 0 Å². The molecule has 0 saturated heterocycles. The van der Waals surface area contributed by atoms with Gasteiger partial charge in [-0.2, -0.15) is 5.10 Å². The van der Waals surface area contributed by atoms with Crippen LogP contribution in [0.5, 0.6) is 0 Å². The number of benzene rings is 2. The first-order valence-electron chi connectivity index (χ1n) is 9.28. The van der Waals surface area contributed by atoms with E-state index in [1.54, 1.807) is 26.0 Å². The highest BCUT2D eigenvalue weighted by Gasteiger charge is 2.22. The number of rotatable bonds is 6. The molecule has 1 aromatic heterocycles. The molecule has 0 aliphatic heterocycles. The number of aromatic nitrogens is 2. The Morgan fingerprint density at radius 1 is 1.16 bits per heavy atom. The Morgan fingerprint density at radius 3 is 2.38 bits per heavy atom. The van der Waals surface area contributed by atoms with Gasteiger partial charge in [0.25, 0.3) is 5.91 Å². The quantitative estimate of drug-likeness (QED) is 0.351. The molecule has 11 heteroatoms. The van der Waals surface area contributed by atoms with E-state index >= 15 is 0 Å². The second-order valence-electron chi connectivity index (χ2n) is 6.89. The average molecular weight is 444 g/mol. The molecule has 0 radical (unpaired) electrons. The van der Waals surface area contributed by atoms with Gasteiger partial charge in [-0.05, 0) is 37.6 Å². The number of aryl methyl sites for hydroxylation is 1. The van der Waals surface area contributed by atoms with Crippen LogP contribution in [0.15, 0.2) is 36.4 Å². The molecular formula is C21H18F2N4O5. The molecule has 2 aromatic carbocycles. The maximum atomic E-state index is 14.0. The number of hydrogen-bond acceptors (Lipinski definition) is 6. The lowest BCUT2D eigenvalue weighted by Gasteiger charge is -2.10. The number of amides is 1. The summed E-state index contributed by atoms with van der Waals surface area (Å²) in [5.41, 5.74) is 0.668. The normalized spacial score (nSPS) is 10.7. The molecule has 166 valence electrons. The molecule has 1 amide bonds. The first-order chi connectivity index (χ1) is 15.1. The number of hydrogen-bond donors (Lipinski definition) is 1. The molecule has 0 aliphatic carbocycles. The van der Waals surface area contributed by atoms with Crippen molar-refractivity contribution in [3.05, 3.63) is 86.2 Å². The highest BCUT2D eigenvalue weighted by atomic mass is 19.1. The zero-order valence-electron chi connectivity index (χ0n) is 17.3. The van der Waals surface area contributed by atoms with Crippen LogP contribution in [0, 0.1) is 35.6 Å². The predicted molar refractivity (Wildman–Crippen MR) is 110 cm³/mol. The van der Waals surface area contributed by atoms with Gasteiger partial charge < -0.3 is 10.1 Å². The number of halogens is 2. The van der Waals surface area contributed by atoms with Gasteiger partial charge in [0.15, 0.2) is 0 Å². The Bertz CT molecular complexity index is 1220. The van der Waals surface area contributed by atoms with Gasteiger partial charge in [0.2, 0.25) is 0 Å². The van der Waals surface area contributed by atoms with Crippen LogP contribution in [0.3, 0.4) is 0 Å². The molecule has 0 atom stereocenters. The summed E-state index contributed by atoms with van der Waals surface area (Å²) in [4.78, 5) is 34.7. The topological polar surface area (TPSA) is 116 Å². The molecule has 9 nitrogen and oxygen atoms in total. The van der Waals surface area contributed by atoms with E-state index in [1.165, 1.54) is 16.8 Å². The van der Waals surface area contributed by atoms with E-state index in [1.807, 2.05) is 0 Å². The van der Waals surface area contributed by atoms with Crippen molar-refractivity contribution in [3.8, 4) is 0 Å². The number of methoxy groups -OCH3 is 1. The van der Waals surface area contributed by atoms with Gasteiger partial charge in [-0.1, -0.05) is 12.1 Å². The maximum absolute atomic E-state index is 14.0. The van der Waals surface area contributed by atoms with Gasteiger partial charge in [0.05, 0.1) is 29.8 Å². The second-order valence-corrected chi connectivity index (χ2v) is 6.89. The van der Waals surface area contributed by atoms with E-state index in [9.17, 15) is 28.5 Å². The zero-order chi connectivity index (χ0) is 23.6. The Hall–Kier alpha value is -4.15. The fraction of sp³-hybridized carbons (Fsp3) is 0.190. The largest absolute Gasteiger partial charge is 0.465 e. The molecule has 0 spiro atoms. The van der Waals surface area contributed by atoms with Crippen LogP contribution < -0.4 is 5.32 Å². The number of nitrogens with one attached hydrogen (secondary N) is 1. The lowest BCUT2D eigenvalue weighted by atomic mass is 10.1. The number of carbonyl (C=O) groups excluding carboxylic acids is 2. The Balaban J connectivity index is 1.77. The molecule has 0 unspecified atom stereocenters. The highest BCUT2D eigenvalue weighted by molar-refractivity contribution is 6.05. The molecule has 0 fully saturated rings. The number of ether oxygens (including phenoxy) is 1. The summed E-state index contributed by atoms with van der Waals surface area (Å²) >= 11 is 0. The Kier molecular flexibility index (Phi) is 6.28. The van der Waals surface area contributed by atoms with Crippen LogP contribution in [0.4, 0.5) is 20.2 Å². The van der Waals surface area contributed by atoms with Gasteiger partial charge in [0.1, 0.15) is 23.0 Å². The molecule has 0 bridgehead atoms. The minimum absolute atomic E-state index is 0.0475. The Labute approximate surface area is 180 Å². The van der Waals surface area contributed by atoms with Gasteiger partial charge >= 0.3 is 11.7 Å². The van der Waals surface area contributed by atoms with Crippen molar-refractivity contribution >= 4 is 23.3 Å². The van der Waals surface area contributed by atoms with Crippen LogP contribution >= 0.6 is 0 Å². The van der Waals surface area contributed by atoms with E-state index in [4.69, 9.17) is 0 Å². The highest BCUT2D eigenvalue weighted by Crippen LogP contribution is 2.23. The predicted octanol–water partition coefficient (Wildman–Crippen LogP) is 3.77. The van der Waals surface area contributed by atoms with Crippen molar-refractivity contribution in [2.75, 3.05) is 12.4 Å². The summed E-state index contributed by atoms with van der Waals surface area (Å²) in [7, 11) is 1.05. The number of esters is 1. The zero-order valence-corrected chi connectivity index (χ0v) is 17.3. The summed E-state index contributed by atoms with van der Waals surface area (Å²) in [5.74, 6) is -3.85. The Morgan fingerprint density at radius 2 is 1.81 bits per heavy atom. The smallest absolute Gasteiger partial charge is 0.340 e. The number of carbonyl (C=O) groups is 2. The summed E-state index contributed by atoms with van der Waals surface area (Å²) in [6, 6.07) is 7.55. The number of nitro groups is 1. The maximum Gasteiger partial charge on any atom is 0.340 e. The average Bonchev–Trinajstić information content (AvgIpc) is 3.02. The van der Waals surface area contributed by atoms with Gasteiger partial charge in [0, 0.05) is 11.6 Å². The molecule has 0 saturated carbocycles. The standard InChI is InChI=1S/C21H18F2N4O5/c1-11-19(27(30)31)12(2)26(25-11)10-13-4-6-14(7-5-13)20(28)24-18-8-15(21(29)32-3)16(22)9-17(18)23/h4-9H,10H2,1-3H3,(H,24,28). The van der Waals surface area contributed by atoms with Crippen molar-refractivity contribution in [3.63, 3.8) is 0 Å². The first kappa shape index (κ1) is 22.5. The van der Waals surface area contributed by atoms with E-state index in [0.717, 1.165) is 18.7 Å². The lowest BCUT2D eigenvalue weighted by molar-refractivity contribution is -0.386. The third-order valence-corrected chi connectivity index (χ3v) is 4.78. The molecule has 1 N–H and O–H groups in total. The molecule has 3 rings (SSSR count). The molecule has 3 aromatic rings. The molecule has 32 heavy (non-hydrogen) atoms. The molecule has 0 aliphatic rings. The van der Waals surface area contributed by atoms with Crippen LogP contribution in [-0.4, -0.2) is 33.7 Å². The van der Waals surface area contributed by atoms with Crippen molar-refractivity contribution < 1.29 is 28.0 Å². The van der Waals surface area contributed by atoms with Crippen molar-refractivity contribution in [2.45, 2.75) is 20.4 Å². The van der Waals surface area contributed by atoms with Crippen LogP contribution in [-0.2, 0) is 11.3 Å². The molecule has 1 heterocycles. The molecular weight excluding hydrogens is 426 g/mol. The van der Waals surface area contributed by atoms with Crippen LogP contribution in [0.2, 0.25) is 0 Å². The monoisotopic (exact) mass is 444 g/mol. The summed E-state index contributed by atoms with van der Waals surface area (Å²) < 4.78 is 33.7. The fourth-order valence-electron chi connectivity index (χ4n) is 3.15. The minimum Gasteiger partial charge on any atom is -0.465 e. The number of anilines is 1. The number of nitrogens with zero attached hydrogens (tertiary/aromatic N) is 3. The third kappa shape index (κ3) is 4.46. The summed E-state index contributed by atoms with van der Waals surface area (Å²) in [6.45, 7) is 3.40. The fourth-order valence-corrected chi connectivity index (χ4v) is 3.15. The van der Waals surface area contributed by atoms with E-state index in [0.29, 0.717) is 17.5 Å². The van der Waals surface area contributed by atoms with Gasteiger partial charge in [-0.25, -0.2) is 13.6 Å². The summed E-state index contributed by atoms with van der Waals surface area (Å²) in [6.07, 6.45) is 0.